The minimum atomic E-state index is -0.299. The highest BCUT2D eigenvalue weighted by molar-refractivity contribution is 9.10. The molecule has 0 amide bonds. The summed E-state index contributed by atoms with van der Waals surface area (Å²) in [5.74, 6) is 0. The van der Waals surface area contributed by atoms with Crippen molar-refractivity contribution in [1.82, 2.24) is 9.47 Å². The summed E-state index contributed by atoms with van der Waals surface area (Å²) < 4.78 is 3.63. The summed E-state index contributed by atoms with van der Waals surface area (Å²) >= 11 is 3.66. The van der Waals surface area contributed by atoms with Crippen LogP contribution in [0.1, 0.15) is 49.3 Å². The van der Waals surface area contributed by atoms with Crippen LogP contribution in [0.15, 0.2) is 34.8 Å². The molecule has 2 heterocycles. The molecule has 27 heavy (non-hydrogen) atoms. The average Bonchev–Trinajstić information content (AvgIpc) is 3.05. The van der Waals surface area contributed by atoms with Gasteiger partial charge in [-0.2, -0.15) is 0 Å². The quantitative estimate of drug-likeness (QED) is 0.605. The van der Waals surface area contributed by atoms with Crippen LogP contribution in [0, 0.1) is 0 Å². The lowest BCUT2D eigenvalue weighted by atomic mass is 10.0. The number of likely N-dealkylation sites (tertiary alicyclic amines) is 1. The number of hydrogen-bond acceptors (Lipinski definition) is 2. The van der Waals surface area contributed by atoms with Gasteiger partial charge < -0.3 is 14.6 Å². The van der Waals surface area contributed by atoms with Gasteiger partial charge in [-0.15, -0.1) is 0 Å². The predicted octanol–water partition coefficient (Wildman–Crippen LogP) is 5.41. The largest absolute Gasteiger partial charge is 0.388 e. The second kappa shape index (κ2) is 7.23. The molecule has 0 radical (unpaired) electrons. The van der Waals surface area contributed by atoms with E-state index in [1.54, 1.807) is 0 Å². The number of aliphatic hydroxyl groups is 1. The van der Waals surface area contributed by atoms with Crippen LogP contribution in [0.5, 0.6) is 0 Å². The molecular formula is C23H27BrN2O. The lowest BCUT2D eigenvalue weighted by Crippen LogP contribution is -2.28. The molecule has 3 aromatic rings. The fraction of sp³-hybridized carbons (Fsp3) is 0.478. The normalized spacial score (nSPS) is 21.0. The molecule has 5 rings (SSSR count). The highest BCUT2D eigenvalue weighted by Gasteiger charge is 2.25. The van der Waals surface area contributed by atoms with Crippen molar-refractivity contribution in [2.75, 3.05) is 19.6 Å². The standard InChI is InChI=1S/C23H27BrN2O/c24-16-5-8-20-19(15-16)23-18-7-10-22(27)17(18)6-9-21(23)26(20)14-13-25-11-3-1-2-4-12-25/h5-6,8-9,15,22,27H,1-4,7,10-14H2. The summed E-state index contributed by atoms with van der Waals surface area (Å²) in [5.41, 5.74) is 5.13. The topological polar surface area (TPSA) is 28.4 Å². The van der Waals surface area contributed by atoms with Crippen LogP contribution < -0.4 is 0 Å². The smallest absolute Gasteiger partial charge is 0.0796 e. The highest BCUT2D eigenvalue weighted by atomic mass is 79.9. The van der Waals surface area contributed by atoms with Crippen LogP contribution in [0.3, 0.4) is 0 Å². The minimum absolute atomic E-state index is 0.299. The first kappa shape index (κ1) is 17.7. The van der Waals surface area contributed by atoms with E-state index in [-0.39, 0.29) is 6.10 Å². The molecule has 1 aliphatic heterocycles. The number of benzene rings is 2. The first-order chi connectivity index (χ1) is 13.2. The molecule has 1 saturated heterocycles. The second-order valence-electron chi connectivity index (χ2n) is 8.15. The fourth-order valence-electron chi connectivity index (χ4n) is 5.11. The molecule has 1 atom stereocenters. The number of aromatic nitrogens is 1. The Hall–Kier alpha value is -1.36. The van der Waals surface area contributed by atoms with Gasteiger partial charge in [0, 0.05) is 39.4 Å². The summed E-state index contributed by atoms with van der Waals surface area (Å²) in [6.07, 6.45) is 6.97. The Balaban J connectivity index is 1.60. The summed E-state index contributed by atoms with van der Waals surface area (Å²) in [6, 6.07) is 11.0. The summed E-state index contributed by atoms with van der Waals surface area (Å²) in [7, 11) is 0. The van der Waals surface area contributed by atoms with Crippen molar-refractivity contribution in [1.29, 1.82) is 0 Å². The zero-order valence-corrected chi connectivity index (χ0v) is 17.3. The minimum Gasteiger partial charge on any atom is -0.388 e. The Kier molecular flexibility index (Phi) is 4.75. The first-order valence-corrected chi connectivity index (χ1v) is 11.2. The third-order valence-corrected chi connectivity index (χ3v) is 7.00. The van der Waals surface area contributed by atoms with E-state index in [2.05, 4.69) is 55.7 Å². The summed E-state index contributed by atoms with van der Waals surface area (Å²) in [4.78, 5) is 2.64. The number of aliphatic hydroxyl groups excluding tert-OH is 1. The summed E-state index contributed by atoms with van der Waals surface area (Å²) in [6.45, 7) is 4.63. The van der Waals surface area contributed by atoms with E-state index in [0.29, 0.717) is 0 Å². The maximum Gasteiger partial charge on any atom is 0.0796 e. The monoisotopic (exact) mass is 426 g/mol. The van der Waals surface area contributed by atoms with Gasteiger partial charge in [-0.1, -0.05) is 34.8 Å². The molecule has 1 N–H and O–H groups in total. The Morgan fingerprint density at radius 2 is 1.74 bits per heavy atom. The van der Waals surface area contributed by atoms with Crippen LogP contribution >= 0.6 is 15.9 Å². The van der Waals surface area contributed by atoms with Gasteiger partial charge >= 0.3 is 0 Å². The van der Waals surface area contributed by atoms with E-state index in [1.807, 2.05) is 0 Å². The third-order valence-electron chi connectivity index (χ3n) is 6.50. The van der Waals surface area contributed by atoms with Gasteiger partial charge in [0.2, 0.25) is 0 Å². The maximum atomic E-state index is 10.4. The first-order valence-electron chi connectivity index (χ1n) is 10.4. The number of hydrogen-bond donors (Lipinski definition) is 1. The highest BCUT2D eigenvalue weighted by Crippen LogP contribution is 2.41. The van der Waals surface area contributed by atoms with Crippen molar-refractivity contribution in [3.63, 3.8) is 0 Å². The van der Waals surface area contributed by atoms with Crippen molar-refractivity contribution < 1.29 is 5.11 Å². The number of aryl methyl sites for hydroxylation is 1. The van der Waals surface area contributed by atoms with Crippen molar-refractivity contribution in [2.24, 2.45) is 0 Å². The van der Waals surface area contributed by atoms with Gasteiger partial charge in [0.1, 0.15) is 0 Å². The molecule has 1 unspecified atom stereocenters. The van der Waals surface area contributed by atoms with E-state index in [4.69, 9.17) is 0 Å². The van der Waals surface area contributed by atoms with E-state index in [0.717, 1.165) is 36.0 Å². The lowest BCUT2D eigenvalue weighted by molar-refractivity contribution is 0.180. The predicted molar refractivity (Wildman–Crippen MR) is 115 cm³/mol. The summed E-state index contributed by atoms with van der Waals surface area (Å²) in [5, 5.41) is 13.0. The van der Waals surface area contributed by atoms with E-state index >= 15 is 0 Å². The van der Waals surface area contributed by atoms with Gasteiger partial charge in [-0.25, -0.2) is 0 Å². The molecule has 4 heteroatoms. The van der Waals surface area contributed by atoms with E-state index in [1.165, 1.54) is 66.1 Å². The van der Waals surface area contributed by atoms with Crippen LogP contribution in [-0.4, -0.2) is 34.2 Å². The van der Waals surface area contributed by atoms with E-state index < -0.39 is 0 Å². The van der Waals surface area contributed by atoms with Gasteiger partial charge in [0.15, 0.2) is 0 Å². The third kappa shape index (κ3) is 3.12. The SMILES string of the molecule is OC1CCc2c1ccc1c2c2cc(Br)ccc2n1CCN1CCCCCC1. The molecule has 0 saturated carbocycles. The van der Waals surface area contributed by atoms with Crippen molar-refractivity contribution >= 4 is 37.7 Å². The van der Waals surface area contributed by atoms with Crippen molar-refractivity contribution in [3.8, 4) is 0 Å². The zero-order chi connectivity index (χ0) is 18.4. The number of fused-ring (bicyclic) bond motifs is 5. The molecule has 2 aliphatic rings. The van der Waals surface area contributed by atoms with Gasteiger partial charge in [-0.05, 0) is 74.2 Å². The molecule has 0 spiro atoms. The Labute approximate surface area is 169 Å². The van der Waals surface area contributed by atoms with Gasteiger partial charge in [0.05, 0.1) is 6.10 Å². The lowest BCUT2D eigenvalue weighted by Gasteiger charge is -2.20. The van der Waals surface area contributed by atoms with Crippen molar-refractivity contribution in [2.45, 2.75) is 51.2 Å². The van der Waals surface area contributed by atoms with Crippen LogP contribution in [0.4, 0.5) is 0 Å². The Morgan fingerprint density at radius 3 is 2.56 bits per heavy atom. The number of nitrogens with zero attached hydrogens (tertiary/aromatic N) is 2. The number of rotatable bonds is 3. The van der Waals surface area contributed by atoms with Crippen LogP contribution in [0.25, 0.3) is 21.8 Å². The molecule has 2 aromatic carbocycles. The molecule has 1 fully saturated rings. The van der Waals surface area contributed by atoms with Crippen LogP contribution in [-0.2, 0) is 13.0 Å². The Bertz CT molecular complexity index is 985. The molecule has 142 valence electrons. The van der Waals surface area contributed by atoms with Crippen molar-refractivity contribution in [3.05, 3.63) is 45.9 Å². The molecule has 0 bridgehead atoms. The molecule has 3 nitrogen and oxygen atoms in total. The maximum absolute atomic E-state index is 10.4. The molecule has 1 aliphatic carbocycles. The molecule has 1 aromatic heterocycles. The van der Waals surface area contributed by atoms with E-state index in [9.17, 15) is 5.11 Å². The van der Waals surface area contributed by atoms with Gasteiger partial charge in [0.25, 0.3) is 0 Å². The average molecular weight is 427 g/mol. The number of halogens is 1. The molecular weight excluding hydrogens is 400 g/mol. The zero-order valence-electron chi connectivity index (χ0n) is 15.8. The van der Waals surface area contributed by atoms with Gasteiger partial charge in [-0.3, -0.25) is 0 Å². The second-order valence-corrected chi connectivity index (χ2v) is 9.07. The fourth-order valence-corrected chi connectivity index (χ4v) is 5.47. The Morgan fingerprint density at radius 1 is 0.963 bits per heavy atom. The van der Waals surface area contributed by atoms with Crippen LogP contribution in [0.2, 0.25) is 0 Å².